The van der Waals surface area contributed by atoms with Crippen LogP contribution in [0.3, 0.4) is 0 Å². The molecule has 2 heterocycles. The summed E-state index contributed by atoms with van der Waals surface area (Å²) < 4.78 is 7.04. The van der Waals surface area contributed by atoms with Crippen LogP contribution in [0.4, 0.5) is 16.3 Å². The summed E-state index contributed by atoms with van der Waals surface area (Å²) in [5, 5.41) is 5.81. The van der Waals surface area contributed by atoms with E-state index >= 15 is 0 Å². The van der Waals surface area contributed by atoms with Crippen LogP contribution in [0.15, 0.2) is 30.6 Å². The second-order valence-electron chi connectivity index (χ2n) is 7.42. The molecule has 0 saturated carbocycles. The van der Waals surface area contributed by atoms with Gasteiger partial charge in [-0.25, -0.2) is 9.78 Å². The summed E-state index contributed by atoms with van der Waals surface area (Å²) in [4.78, 5) is 20.6. The van der Waals surface area contributed by atoms with E-state index in [2.05, 4.69) is 28.6 Å². The molecule has 0 saturated heterocycles. The average Bonchev–Trinajstić information content (AvgIpc) is 3.00. The van der Waals surface area contributed by atoms with Crippen molar-refractivity contribution in [3.63, 3.8) is 0 Å². The fourth-order valence-electron chi connectivity index (χ4n) is 2.81. The molecule has 2 aromatic heterocycles. The number of hydrogen-bond donors (Lipinski definition) is 1. The highest BCUT2D eigenvalue weighted by molar-refractivity contribution is 7.65. The molecule has 3 rings (SSSR count). The Bertz CT molecular complexity index is 1040. The van der Waals surface area contributed by atoms with Crippen LogP contribution >= 0.6 is 31.1 Å². The quantitative estimate of drug-likeness (QED) is 0.423. The number of nitrogens with zero attached hydrogens (tertiary/aromatic N) is 3. The minimum absolute atomic E-state index is 0.112. The number of fused-ring (bicyclic) bond motifs is 1. The normalized spacial score (nSPS) is 11.9. The molecular formula is C19H21Cl2N4O2P. The average molecular weight is 439 g/mol. The minimum Gasteiger partial charge on any atom is -0.443 e. The maximum atomic E-state index is 12.6. The smallest absolute Gasteiger partial charge is 0.418 e. The predicted molar refractivity (Wildman–Crippen MR) is 117 cm³/mol. The van der Waals surface area contributed by atoms with Crippen molar-refractivity contribution in [2.75, 3.05) is 18.6 Å². The van der Waals surface area contributed by atoms with Crippen molar-refractivity contribution in [3.8, 4) is 0 Å². The van der Waals surface area contributed by atoms with Crippen molar-refractivity contribution in [1.82, 2.24) is 14.5 Å². The Morgan fingerprint density at radius 1 is 1.21 bits per heavy atom. The third kappa shape index (κ3) is 4.40. The third-order valence-electron chi connectivity index (χ3n) is 3.85. The van der Waals surface area contributed by atoms with Gasteiger partial charge in [0, 0.05) is 22.6 Å². The number of aromatic nitrogens is 3. The molecule has 0 aliphatic heterocycles. The summed E-state index contributed by atoms with van der Waals surface area (Å²) in [6, 6.07) is 5.71. The molecule has 28 heavy (non-hydrogen) atoms. The van der Waals surface area contributed by atoms with Gasteiger partial charge in [-0.1, -0.05) is 19.5 Å². The van der Waals surface area contributed by atoms with Gasteiger partial charge in [-0.3, -0.25) is 4.57 Å². The van der Waals surface area contributed by atoms with Gasteiger partial charge in [-0.2, -0.15) is 4.98 Å². The first-order chi connectivity index (χ1) is 13.1. The van der Waals surface area contributed by atoms with Crippen molar-refractivity contribution in [2.45, 2.75) is 26.4 Å². The molecule has 0 amide bonds. The molecule has 0 aliphatic carbocycles. The number of ether oxygens (including phenoxy) is 1. The maximum absolute atomic E-state index is 12.6. The summed E-state index contributed by atoms with van der Waals surface area (Å²) in [6.45, 7) is 9.83. The van der Waals surface area contributed by atoms with E-state index in [9.17, 15) is 4.79 Å². The van der Waals surface area contributed by atoms with Crippen molar-refractivity contribution < 1.29 is 9.53 Å². The highest BCUT2D eigenvalue weighted by atomic mass is 35.5. The highest BCUT2D eigenvalue weighted by Crippen LogP contribution is 2.35. The Balaban J connectivity index is 2.07. The van der Waals surface area contributed by atoms with Gasteiger partial charge < -0.3 is 10.1 Å². The lowest BCUT2D eigenvalue weighted by Crippen LogP contribution is -2.26. The molecule has 6 nitrogen and oxygen atoms in total. The van der Waals surface area contributed by atoms with Crippen LogP contribution in [-0.4, -0.2) is 39.6 Å². The Kier molecular flexibility index (Phi) is 5.85. The Morgan fingerprint density at radius 3 is 2.57 bits per heavy atom. The minimum atomic E-state index is -0.566. The number of hydrogen-bond acceptors (Lipinski definition) is 5. The standard InChI is InChI=1S/C19H21Cl2N4O2P/c1-19(2,3)27-18(26)25-9-8-11-14(25)7-6-13(15(11)28(4)5)23-16-12(20)10-22-17(21)24-16/h6-10H,1-5H3,(H,22,23,24). The summed E-state index contributed by atoms with van der Waals surface area (Å²) in [6.07, 6.45) is 2.78. The summed E-state index contributed by atoms with van der Waals surface area (Å²) in [5.74, 6) is 0.436. The maximum Gasteiger partial charge on any atom is 0.418 e. The molecule has 0 unspecified atom stereocenters. The van der Waals surface area contributed by atoms with E-state index in [-0.39, 0.29) is 5.28 Å². The number of benzene rings is 1. The van der Waals surface area contributed by atoms with Crippen molar-refractivity contribution in [3.05, 3.63) is 40.9 Å². The lowest BCUT2D eigenvalue weighted by molar-refractivity contribution is 0.0544. The Morgan fingerprint density at radius 2 is 1.93 bits per heavy atom. The number of rotatable bonds is 3. The summed E-state index contributed by atoms with van der Waals surface area (Å²) in [5.41, 5.74) is 1.09. The Labute approximate surface area is 175 Å². The zero-order chi connectivity index (χ0) is 20.6. The number of carbonyl (C=O) groups is 1. The first kappa shape index (κ1) is 20.8. The van der Waals surface area contributed by atoms with E-state index in [0.717, 1.165) is 21.9 Å². The van der Waals surface area contributed by atoms with Gasteiger partial charge >= 0.3 is 6.09 Å². The predicted octanol–water partition coefficient (Wildman–Crippen LogP) is 5.63. The van der Waals surface area contributed by atoms with E-state index in [4.69, 9.17) is 27.9 Å². The van der Waals surface area contributed by atoms with Gasteiger partial charge in [0.05, 0.1) is 11.7 Å². The van der Waals surface area contributed by atoms with Crippen LogP contribution in [0.1, 0.15) is 20.8 Å². The highest BCUT2D eigenvalue weighted by Gasteiger charge is 2.21. The molecule has 0 aliphatic rings. The van der Waals surface area contributed by atoms with Crippen molar-refractivity contribution >= 4 is 64.9 Å². The SMILES string of the molecule is CP(C)c1c(Nc2nc(Cl)ncc2Cl)ccc2c1ccn2C(=O)OC(C)(C)C. The largest absolute Gasteiger partial charge is 0.443 e. The summed E-state index contributed by atoms with van der Waals surface area (Å²) in [7, 11) is -0.510. The van der Waals surface area contributed by atoms with Crippen LogP contribution in [0.2, 0.25) is 10.3 Å². The Hall–Kier alpha value is -1.88. The fraction of sp³-hybridized carbons (Fsp3) is 0.316. The third-order valence-corrected chi connectivity index (χ3v) is 5.68. The molecule has 9 heteroatoms. The molecule has 3 aromatic rings. The van der Waals surface area contributed by atoms with E-state index in [1.165, 1.54) is 10.8 Å². The lowest BCUT2D eigenvalue weighted by Gasteiger charge is -2.20. The van der Waals surface area contributed by atoms with Crippen LogP contribution < -0.4 is 10.6 Å². The van der Waals surface area contributed by atoms with Crippen LogP contribution in [0.5, 0.6) is 0 Å². The molecule has 1 aromatic carbocycles. The van der Waals surface area contributed by atoms with E-state index in [0.29, 0.717) is 10.8 Å². The summed E-state index contributed by atoms with van der Waals surface area (Å²) >= 11 is 12.1. The number of anilines is 2. The second kappa shape index (κ2) is 7.86. The molecular weight excluding hydrogens is 418 g/mol. The van der Waals surface area contributed by atoms with Crippen LogP contribution in [0.25, 0.3) is 10.9 Å². The van der Waals surface area contributed by atoms with Gasteiger partial charge in [0.2, 0.25) is 5.28 Å². The first-order valence-corrected chi connectivity index (χ1v) is 11.6. The monoisotopic (exact) mass is 438 g/mol. The van der Waals surface area contributed by atoms with Gasteiger partial charge in [-0.05, 0) is 63.9 Å². The van der Waals surface area contributed by atoms with Gasteiger partial charge in [0.15, 0.2) is 5.82 Å². The number of carbonyl (C=O) groups excluding carboxylic acids is 1. The first-order valence-electron chi connectivity index (χ1n) is 8.56. The molecule has 1 N–H and O–H groups in total. The molecule has 0 bridgehead atoms. The lowest BCUT2D eigenvalue weighted by atomic mass is 10.2. The molecule has 0 radical (unpaired) electrons. The zero-order valence-corrected chi connectivity index (χ0v) is 18.7. The van der Waals surface area contributed by atoms with Gasteiger partial charge in [0.1, 0.15) is 10.6 Å². The topological polar surface area (TPSA) is 69.0 Å². The van der Waals surface area contributed by atoms with E-state index < -0.39 is 19.6 Å². The molecule has 0 atom stereocenters. The van der Waals surface area contributed by atoms with E-state index in [1.54, 1.807) is 6.20 Å². The van der Waals surface area contributed by atoms with Crippen LogP contribution in [-0.2, 0) is 4.74 Å². The van der Waals surface area contributed by atoms with E-state index in [1.807, 2.05) is 39.0 Å². The second-order valence-corrected chi connectivity index (χ2v) is 10.4. The molecule has 0 spiro atoms. The number of halogens is 2. The van der Waals surface area contributed by atoms with Gasteiger partial charge in [-0.15, -0.1) is 0 Å². The van der Waals surface area contributed by atoms with Gasteiger partial charge in [0.25, 0.3) is 0 Å². The van der Waals surface area contributed by atoms with Crippen molar-refractivity contribution in [1.29, 1.82) is 0 Å². The van der Waals surface area contributed by atoms with Crippen molar-refractivity contribution in [2.24, 2.45) is 0 Å². The molecule has 148 valence electrons. The fourth-order valence-corrected chi connectivity index (χ4v) is 4.37. The zero-order valence-electron chi connectivity index (χ0n) is 16.2. The number of nitrogens with one attached hydrogen (secondary N) is 1. The van der Waals surface area contributed by atoms with Crippen LogP contribution in [0, 0.1) is 0 Å². The molecule has 0 fully saturated rings.